The molecule has 1 aromatic carbocycles. The van der Waals surface area contributed by atoms with Crippen LogP contribution >= 0.6 is 11.6 Å². The molecule has 1 heterocycles. The molecular weight excluding hydrogens is 270 g/mol. The molecule has 19 heavy (non-hydrogen) atoms. The van der Waals surface area contributed by atoms with Crippen LogP contribution in [0, 0.1) is 0 Å². The van der Waals surface area contributed by atoms with Crippen LogP contribution in [-0.4, -0.2) is 32.1 Å². The largest absolute Gasteiger partial charge is 0.488 e. The lowest BCUT2D eigenvalue weighted by Gasteiger charge is -2.17. The van der Waals surface area contributed by atoms with E-state index in [4.69, 9.17) is 16.3 Å². The zero-order valence-electron chi connectivity index (χ0n) is 10.2. The summed E-state index contributed by atoms with van der Waals surface area (Å²) in [6.07, 6.45) is 1.69. The number of hydrogen-bond donors (Lipinski definition) is 1. The van der Waals surface area contributed by atoms with Crippen molar-refractivity contribution in [2.24, 2.45) is 0 Å². The summed E-state index contributed by atoms with van der Waals surface area (Å²) < 4.78 is 9.88. The number of amides is 1. The Hall–Kier alpha value is -2.01. The van der Waals surface area contributed by atoms with Gasteiger partial charge in [-0.15, -0.1) is 0 Å². The lowest BCUT2D eigenvalue weighted by molar-refractivity contribution is -0.140. The Morgan fingerprint density at radius 2 is 2.26 bits per heavy atom. The molecule has 0 radical (unpaired) electrons. The third-order valence-corrected chi connectivity index (χ3v) is 2.83. The Bertz CT molecular complexity index is 554. The fourth-order valence-corrected chi connectivity index (χ4v) is 1.80. The summed E-state index contributed by atoms with van der Waals surface area (Å²) in [5, 5.41) is 3.02. The highest BCUT2D eigenvalue weighted by molar-refractivity contribution is 6.30. The van der Waals surface area contributed by atoms with Gasteiger partial charge >= 0.3 is 5.97 Å². The topological polar surface area (TPSA) is 64.6 Å². The number of esters is 1. The molecule has 0 saturated heterocycles. The SMILES string of the molecule is COC(=O)CNC(=O)C1=Cc2cc(Cl)ccc2OC1. The van der Waals surface area contributed by atoms with Gasteiger partial charge in [0.2, 0.25) is 0 Å². The average Bonchev–Trinajstić information content (AvgIpc) is 2.43. The van der Waals surface area contributed by atoms with Gasteiger partial charge in [0.1, 0.15) is 18.9 Å². The molecule has 1 aliphatic heterocycles. The minimum Gasteiger partial charge on any atom is -0.488 e. The Morgan fingerprint density at radius 1 is 1.47 bits per heavy atom. The first kappa shape index (κ1) is 13.4. The van der Waals surface area contributed by atoms with Gasteiger partial charge in [0.15, 0.2) is 0 Å². The van der Waals surface area contributed by atoms with E-state index in [0.29, 0.717) is 16.3 Å². The molecule has 0 bridgehead atoms. The highest BCUT2D eigenvalue weighted by Crippen LogP contribution is 2.28. The second kappa shape index (κ2) is 5.75. The molecule has 0 fully saturated rings. The van der Waals surface area contributed by atoms with E-state index in [1.54, 1.807) is 24.3 Å². The molecule has 5 nitrogen and oxygen atoms in total. The van der Waals surface area contributed by atoms with Gasteiger partial charge in [0.25, 0.3) is 5.91 Å². The van der Waals surface area contributed by atoms with Crippen molar-refractivity contribution < 1.29 is 19.1 Å². The molecule has 0 aromatic heterocycles. The third kappa shape index (κ3) is 3.26. The first-order valence-electron chi connectivity index (χ1n) is 5.58. The number of ether oxygens (including phenoxy) is 2. The number of rotatable bonds is 3. The van der Waals surface area contributed by atoms with Gasteiger partial charge < -0.3 is 14.8 Å². The lowest BCUT2D eigenvalue weighted by atomic mass is 10.1. The fourth-order valence-electron chi connectivity index (χ4n) is 1.62. The van der Waals surface area contributed by atoms with Crippen molar-refractivity contribution >= 4 is 29.6 Å². The number of fused-ring (bicyclic) bond motifs is 1. The number of halogens is 1. The van der Waals surface area contributed by atoms with Gasteiger partial charge in [0.05, 0.1) is 12.7 Å². The van der Waals surface area contributed by atoms with Gasteiger partial charge in [-0.2, -0.15) is 0 Å². The van der Waals surface area contributed by atoms with Crippen molar-refractivity contribution in [1.82, 2.24) is 5.32 Å². The Balaban J connectivity index is 2.10. The van der Waals surface area contributed by atoms with Crippen molar-refractivity contribution in [3.63, 3.8) is 0 Å². The van der Waals surface area contributed by atoms with E-state index in [1.165, 1.54) is 7.11 Å². The molecule has 6 heteroatoms. The second-order valence-electron chi connectivity index (χ2n) is 3.90. The van der Waals surface area contributed by atoms with E-state index >= 15 is 0 Å². The predicted molar refractivity (Wildman–Crippen MR) is 69.9 cm³/mol. The minimum atomic E-state index is -0.505. The van der Waals surface area contributed by atoms with Gasteiger partial charge in [-0.05, 0) is 24.3 Å². The van der Waals surface area contributed by atoms with Crippen LogP contribution < -0.4 is 10.1 Å². The molecule has 0 unspecified atom stereocenters. The van der Waals surface area contributed by atoms with Crippen LogP contribution in [0.2, 0.25) is 5.02 Å². The highest BCUT2D eigenvalue weighted by Gasteiger charge is 2.17. The van der Waals surface area contributed by atoms with E-state index in [-0.39, 0.29) is 19.1 Å². The van der Waals surface area contributed by atoms with E-state index in [1.807, 2.05) is 0 Å². The van der Waals surface area contributed by atoms with E-state index in [9.17, 15) is 9.59 Å². The summed E-state index contributed by atoms with van der Waals surface area (Å²) in [5.41, 5.74) is 1.17. The molecule has 100 valence electrons. The smallest absolute Gasteiger partial charge is 0.325 e. The van der Waals surface area contributed by atoms with Crippen molar-refractivity contribution in [2.75, 3.05) is 20.3 Å². The first-order chi connectivity index (χ1) is 9.10. The molecule has 1 aliphatic rings. The summed E-state index contributed by atoms with van der Waals surface area (Å²) in [4.78, 5) is 22.8. The van der Waals surface area contributed by atoms with Crippen LogP contribution in [0.4, 0.5) is 0 Å². The third-order valence-electron chi connectivity index (χ3n) is 2.60. The second-order valence-corrected chi connectivity index (χ2v) is 4.34. The number of carbonyl (C=O) groups excluding carboxylic acids is 2. The predicted octanol–water partition coefficient (Wildman–Crippen LogP) is 1.40. The van der Waals surface area contributed by atoms with E-state index in [0.717, 1.165) is 5.56 Å². The standard InChI is InChI=1S/C13H12ClNO4/c1-18-12(16)6-15-13(17)9-4-8-5-10(14)2-3-11(8)19-7-9/h2-5H,6-7H2,1H3,(H,15,17). The first-order valence-corrected chi connectivity index (χ1v) is 5.96. The number of benzene rings is 1. The van der Waals surface area contributed by atoms with Crippen molar-refractivity contribution in [2.45, 2.75) is 0 Å². The zero-order chi connectivity index (χ0) is 13.8. The molecule has 0 atom stereocenters. The van der Waals surface area contributed by atoms with E-state index < -0.39 is 5.97 Å². The van der Waals surface area contributed by atoms with Crippen LogP contribution in [-0.2, 0) is 14.3 Å². The Kier molecular flexibility index (Phi) is 4.06. The zero-order valence-corrected chi connectivity index (χ0v) is 11.0. The Morgan fingerprint density at radius 3 is 3.00 bits per heavy atom. The summed E-state index contributed by atoms with van der Waals surface area (Å²) in [5.74, 6) is -0.195. The Labute approximate surface area is 115 Å². The maximum atomic E-state index is 11.8. The minimum absolute atomic E-state index is 0.154. The van der Waals surface area contributed by atoms with Crippen molar-refractivity contribution in [3.8, 4) is 5.75 Å². The number of carbonyl (C=O) groups is 2. The van der Waals surface area contributed by atoms with Gasteiger partial charge in [-0.25, -0.2) is 0 Å². The van der Waals surface area contributed by atoms with Crippen LogP contribution in [0.1, 0.15) is 5.56 Å². The summed E-state index contributed by atoms with van der Waals surface area (Å²) in [6, 6.07) is 5.18. The molecule has 0 spiro atoms. The number of methoxy groups -OCH3 is 1. The molecule has 0 aliphatic carbocycles. The maximum Gasteiger partial charge on any atom is 0.325 e. The van der Waals surface area contributed by atoms with E-state index in [2.05, 4.69) is 10.1 Å². The van der Waals surface area contributed by atoms with Crippen LogP contribution in [0.5, 0.6) is 5.75 Å². The average molecular weight is 282 g/mol. The fraction of sp³-hybridized carbons (Fsp3) is 0.231. The monoisotopic (exact) mass is 281 g/mol. The normalized spacial score (nSPS) is 12.8. The molecular formula is C13H12ClNO4. The van der Waals surface area contributed by atoms with Gasteiger partial charge in [-0.1, -0.05) is 11.6 Å². The summed E-state index contributed by atoms with van der Waals surface area (Å²) in [6.45, 7) is -0.0171. The highest BCUT2D eigenvalue weighted by atomic mass is 35.5. The number of hydrogen-bond acceptors (Lipinski definition) is 4. The quantitative estimate of drug-likeness (QED) is 0.851. The molecule has 1 amide bonds. The molecule has 1 N–H and O–H groups in total. The van der Waals surface area contributed by atoms with Crippen LogP contribution in [0.3, 0.4) is 0 Å². The molecule has 0 saturated carbocycles. The summed E-state index contributed by atoms with van der Waals surface area (Å²) in [7, 11) is 1.26. The van der Waals surface area contributed by atoms with Gasteiger partial charge in [0, 0.05) is 10.6 Å². The number of nitrogens with one attached hydrogen (secondary N) is 1. The van der Waals surface area contributed by atoms with Crippen molar-refractivity contribution in [1.29, 1.82) is 0 Å². The molecule has 2 rings (SSSR count). The molecule has 1 aromatic rings. The summed E-state index contributed by atoms with van der Waals surface area (Å²) >= 11 is 5.88. The van der Waals surface area contributed by atoms with Crippen molar-refractivity contribution in [3.05, 3.63) is 34.4 Å². The van der Waals surface area contributed by atoms with Crippen LogP contribution in [0.25, 0.3) is 6.08 Å². The maximum absolute atomic E-state index is 11.8. The van der Waals surface area contributed by atoms with Crippen LogP contribution in [0.15, 0.2) is 23.8 Å². The lowest BCUT2D eigenvalue weighted by Crippen LogP contribution is -2.33. The van der Waals surface area contributed by atoms with Gasteiger partial charge in [-0.3, -0.25) is 9.59 Å².